The van der Waals surface area contributed by atoms with Crippen molar-refractivity contribution in [1.29, 1.82) is 0 Å². The SMILES string of the molecule is Cc1nc(-c2cccc(C(=O)Nc3nn(C)c(C)c3CN)c2)n[nH]1. The highest BCUT2D eigenvalue weighted by molar-refractivity contribution is 6.04. The first kappa shape index (κ1) is 15.9. The number of carbonyl (C=O) groups excluding carboxylic acids is 1. The van der Waals surface area contributed by atoms with E-state index in [2.05, 4.69) is 25.6 Å². The third-order valence-corrected chi connectivity index (χ3v) is 3.87. The van der Waals surface area contributed by atoms with Crippen molar-refractivity contribution in [2.75, 3.05) is 5.32 Å². The van der Waals surface area contributed by atoms with Gasteiger partial charge in [0.05, 0.1) is 0 Å². The number of hydrogen-bond donors (Lipinski definition) is 3. The number of H-pyrrole nitrogens is 1. The van der Waals surface area contributed by atoms with Crippen molar-refractivity contribution in [1.82, 2.24) is 25.0 Å². The van der Waals surface area contributed by atoms with E-state index in [-0.39, 0.29) is 5.91 Å². The number of anilines is 1. The van der Waals surface area contributed by atoms with Crippen LogP contribution < -0.4 is 11.1 Å². The molecule has 4 N–H and O–H groups in total. The number of nitrogens with two attached hydrogens (primary N) is 1. The van der Waals surface area contributed by atoms with Gasteiger partial charge < -0.3 is 11.1 Å². The number of amides is 1. The monoisotopic (exact) mass is 325 g/mol. The summed E-state index contributed by atoms with van der Waals surface area (Å²) in [7, 11) is 1.82. The molecule has 3 aromatic rings. The Morgan fingerprint density at radius 2 is 2.17 bits per heavy atom. The molecule has 0 bridgehead atoms. The van der Waals surface area contributed by atoms with Crippen molar-refractivity contribution >= 4 is 11.7 Å². The van der Waals surface area contributed by atoms with Crippen LogP contribution in [0.15, 0.2) is 24.3 Å². The van der Waals surface area contributed by atoms with E-state index < -0.39 is 0 Å². The number of carbonyl (C=O) groups is 1. The zero-order valence-electron chi connectivity index (χ0n) is 13.8. The van der Waals surface area contributed by atoms with E-state index in [9.17, 15) is 4.79 Å². The van der Waals surface area contributed by atoms with Gasteiger partial charge >= 0.3 is 0 Å². The van der Waals surface area contributed by atoms with Crippen molar-refractivity contribution < 1.29 is 4.79 Å². The lowest BCUT2D eigenvalue weighted by molar-refractivity contribution is 0.102. The number of nitrogens with zero attached hydrogens (tertiary/aromatic N) is 4. The van der Waals surface area contributed by atoms with Gasteiger partial charge in [-0.25, -0.2) is 4.98 Å². The smallest absolute Gasteiger partial charge is 0.256 e. The summed E-state index contributed by atoms with van der Waals surface area (Å²) >= 11 is 0. The van der Waals surface area contributed by atoms with Gasteiger partial charge in [-0.1, -0.05) is 12.1 Å². The van der Waals surface area contributed by atoms with Gasteiger partial charge in [0.15, 0.2) is 11.6 Å². The largest absolute Gasteiger partial charge is 0.326 e. The van der Waals surface area contributed by atoms with Gasteiger partial charge in [-0.3, -0.25) is 14.6 Å². The van der Waals surface area contributed by atoms with E-state index in [1.807, 2.05) is 27.0 Å². The van der Waals surface area contributed by atoms with Gasteiger partial charge in [0.2, 0.25) is 0 Å². The van der Waals surface area contributed by atoms with Crippen molar-refractivity contribution in [3.05, 3.63) is 46.9 Å². The van der Waals surface area contributed by atoms with Gasteiger partial charge in [-0.15, -0.1) is 0 Å². The van der Waals surface area contributed by atoms with Gasteiger partial charge in [0, 0.05) is 36.0 Å². The molecule has 8 nitrogen and oxygen atoms in total. The zero-order chi connectivity index (χ0) is 17.3. The van der Waals surface area contributed by atoms with Crippen molar-refractivity contribution in [3.63, 3.8) is 0 Å². The van der Waals surface area contributed by atoms with E-state index in [0.717, 1.165) is 22.6 Å². The molecule has 0 unspecified atom stereocenters. The summed E-state index contributed by atoms with van der Waals surface area (Å²) in [6.07, 6.45) is 0. The van der Waals surface area contributed by atoms with Crippen LogP contribution in [0.5, 0.6) is 0 Å². The van der Waals surface area contributed by atoms with Crippen molar-refractivity contribution in [3.8, 4) is 11.4 Å². The Labute approximate surface area is 139 Å². The molecule has 0 aliphatic heterocycles. The normalized spacial score (nSPS) is 10.8. The minimum atomic E-state index is -0.253. The Morgan fingerprint density at radius 3 is 2.83 bits per heavy atom. The average Bonchev–Trinajstić information content (AvgIpc) is 3.12. The quantitative estimate of drug-likeness (QED) is 0.673. The van der Waals surface area contributed by atoms with Crippen LogP contribution in [0.3, 0.4) is 0 Å². The average molecular weight is 325 g/mol. The zero-order valence-corrected chi connectivity index (χ0v) is 13.8. The Morgan fingerprint density at radius 1 is 1.38 bits per heavy atom. The topological polar surface area (TPSA) is 115 Å². The summed E-state index contributed by atoms with van der Waals surface area (Å²) in [6, 6.07) is 7.13. The molecule has 24 heavy (non-hydrogen) atoms. The summed E-state index contributed by atoms with van der Waals surface area (Å²) in [4.78, 5) is 16.8. The van der Waals surface area contributed by atoms with E-state index in [1.54, 1.807) is 22.9 Å². The van der Waals surface area contributed by atoms with Gasteiger partial charge in [0.1, 0.15) is 5.82 Å². The Bertz CT molecular complexity index is 894. The Balaban J connectivity index is 1.87. The third kappa shape index (κ3) is 2.91. The second-order valence-electron chi connectivity index (χ2n) is 5.52. The maximum Gasteiger partial charge on any atom is 0.256 e. The van der Waals surface area contributed by atoms with Crippen LogP contribution >= 0.6 is 0 Å². The Hall–Kier alpha value is -3.00. The molecule has 124 valence electrons. The van der Waals surface area contributed by atoms with Crippen LogP contribution in [-0.4, -0.2) is 30.9 Å². The van der Waals surface area contributed by atoms with Gasteiger partial charge in [-0.05, 0) is 26.0 Å². The van der Waals surface area contributed by atoms with Crippen LogP contribution in [0.1, 0.15) is 27.4 Å². The summed E-state index contributed by atoms with van der Waals surface area (Å²) in [5.41, 5.74) is 8.78. The lowest BCUT2D eigenvalue weighted by Crippen LogP contribution is -2.14. The first-order valence-electron chi connectivity index (χ1n) is 7.53. The fraction of sp³-hybridized carbons (Fsp3) is 0.250. The highest BCUT2D eigenvalue weighted by atomic mass is 16.1. The minimum absolute atomic E-state index is 0.253. The van der Waals surface area contributed by atoms with Gasteiger partial charge in [0.25, 0.3) is 5.91 Å². The molecule has 2 heterocycles. The van der Waals surface area contributed by atoms with E-state index in [1.165, 1.54) is 0 Å². The summed E-state index contributed by atoms with van der Waals surface area (Å²) < 4.78 is 1.70. The fourth-order valence-corrected chi connectivity index (χ4v) is 2.45. The predicted octanol–water partition coefficient (Wildman–Crippen LogP) is 1.53. The first-order chi connectivity index (χ1) is 11.5. The molecule has 0 saturated heterocycles. The number of aromatic nitrogens is 5. The van der Waals surface area contributed by atoms with E-state index >= 15 is 0 Å². The molecular formula is C16H19N7O. The molecule has 2 aromatic heterocycles. The molecule has 0 saturated carbocycles. The first-order valence-corrected chi connectivity index (χ1v) is 7.53. The molecule has 0 atom stereocenters. The second-order valence-corrected chi connectivity index (χ2v) is 5.52. The Kier molecular flexibility index (Phi) is 4.13. The third-order valence-electron chi connectivity index (χ3n) is 3.87. The lowest BCUT2D eigenvalue weighted by Gasteiger charge is -2.05. The second kappa shape index (κ2) is 6.25. The molecule has 8 heteroatoms. The highest BCUT2D eigenvalue weighted by Gasteiger charge is 2.16. The van der Waals surface area contributed by atoms with Crippen LogP contribution in [-0.2, 0) is 13.6 Å². The van der Waals surface area contributed by atoms with Crippen LogP contribution in [0.4, 0.5) is 5.82 Å². The number of benzene rings is 1. The molecule has 0 radical (unpaired) electrons. The molecule has 1 aromatic carbocycles. The summed E-state index contributed by atoms with van der Waals surface area (Å²) in [5, 5.41) is 14.0. The standard InChI is InChI=1S/C16H19N7O/c1-9-13(8-17)15(22-23(9)3)19-16(24)12-6-4-5-11(7-12)14-18-10(2)20-21-14/h4-7H,8,17H2,1-3H3,(H,18,20,21)(H,19,22,24). The van der Waals surface area contributed by atoms with E-state index in [4.69, 9.17) is 5.73 Å². The maximum atomic E-state index is 12.5. The summed E-state index contributed by atoms with van der Waals surface area (Å²) in [5.74, 6) is 1.51. The predicted molar refractivity (Wildman–Crippen MR) is 90.3 cm³/mol. The molecule has 0 aliphatic carbocycles. The van der Waals surface area contributed by atoms with Crippen LogP contribution in [0, 0.1) is 13.8 Å². The van der Waals surface area contributed by atoms with Crippen molar-refractivity contribution in [2.45, 2.75) is 20.4 Å². The molecule has 0 fully saturated rings. The number of rotatable bonds is 4. The fourth-order valence-electron chi connectivity index (χ4n) is 2.45. The molecule has 1 amide bonds. The number of hydrogen-bond acceptors (Lipinski definition) is 5. The number of aryl methyl sites for hydroxylation is 2. The van der Waals surface area contributed by atoms with Crippen LogP contribution in [0.25, 0.3) is 11.4 Å². The molecule has 3 rings (SSSR count). The minimum Gasteiger partial charge on any atom is -0.326 e. The lowest BCUT2D eigenvalue weighted by atomic mass is 10.1. The van der Waals surface area contributed by atoms with E-state index in [0.29, 0.717) is 23.8 Å². The highest BCUT2D eigenvalue weighted by Crippen LogP contribution is 2.20. The number of nitrogens with one attached hydrogen (secondary N) is 2. The molecular weight excluding hydrogens is 306 g/mol. The van der Waals surface area contributed by atoms with Crippen LogP contribution in [0.2, 0.25) is 0 Å². The maximum absolute atomic E-state index is 12.5. The molecule has 0 aliphatic rings. The molecule has 0 spiro atoms. The van der Waals surface area contributed by atoms with Crippen molar-refractivity contribution in [2.24, 2.45) is 12.8 Å². The van der Waals surface area contributed by atoms with Gasteiger partial charge in [-0.2, -0.15) is 10.2 Å². The summed E-state index contributed by atoms with van der Waals surface area (Å²) in [6.45, 7) is 4.05. The number of aromatic amines is 1.